The minimum absolute atomic E-state index is 0.186. The molecule has 0 aliphatic carbocycles. The van der Waals surface area contributed by atoms with Crippen LogP contribution in [0.1, 0.15) is 0 Å². The van der Waals surface area contributed by atoms with Crippen LogP contribution in [0.3, 0.4) is 0 Å². The number of nitrogens with one attached hydrogen (secondary N) is 1. The maximum absolute atomic E-state index is 12.6. The lowest BCUT2D eigenvalue weighted by atomic mass is 10.1. The third kappa shape index (κ3) is 2.68. The molecule has 3 heterocycles. The van der Waals surface area contributed by atoms with Gasteiger partial charge in [-0.15, -0.1) is 0 Å². The van der Waals surface area contributed by atoms with Crippen molar-refractivity contribution in [1.82, 2.24) is 14.6 Å². The van der Waals surface area contributed by atoms with E-state index in [1.807, 2.05) is 42.5 Å². The van der Waals surface area contributed by atoms with Crippen LogP contribution >= 0.6 is 0 Å². The van der Waals surface area contributed by atoms with Crippen molar-refractivity contribution >= 4 is 5.65 Å². The van der Waals surface area contributed by atoms with E-state index in [2.05, 4.69) is 5.10 Å². The van der Waals surface area contributed by atoms with E-state index < -0.39 is 0 Å². The highest BCUT2D eigenvalue weighted by Gasteiger charge is 2.16. The molecule has 0 atom stereocenters. The van der Waals surface area contributed by atoms with E-state index in [1.165, 1.54) is 10.6 Å². The second-order valence-electron chi connectivity index (χ2n) is 6.41. The van der Waals surface area contributed by atoms with Gasteiger partial charge < -0.3 is 14.2 Å². The molecule has 0 spiro atoms. The molecule has 1 N–H and O–H groups in total. The molecular weight excluding hydrogens is 358 g/mol. The minimum Gasteiger partial charge on any atom is -0.497 e. The maximum Gasteiger partial charge on any atom is 0.273 e. The molecule has 28 heavy (non-hydrogen) atoms. The van der Waals surface area contributed by atoms with Crippen LogP contribution in [0.4, 0.5) is 0 Å². The third-order valence-electron chi connectivity index (χ3n) is 4.74. The number of fused-ring (bicyclic) bond motifs is 2. The molecule has 1 aliphatic heterocycles. The van der Waals surface area contributed by atoms with Crippen molar-refractivity contribution in [2.45, 2.75) is 0 Å². The lowest BCUT2D eigenvalue weighted by molar-refractivity contribution is 0.171. The molecule has 0 saturated carbocycles. The number of H-pyrrole nitrogens is 1. The fraction of sp³-hybridized carbons (Fsp3) is 0.143. The normalized spacial score (nSPS) is 12.9. The van der Waals surface area contributed by atoms with Crippen molar-refractivity contribution in [3.63, 3.8) is 0 Å². The van der Waals surface area contributed by atoms with Crippen molar-refractivity contribution in [3.05, 3.63) is 65.1 Å². The lowest BCUT2D eigenvalue weighted by Gasteiger charge is -2.18. The van der Waals surface area contributed by atoms with Gasteiger partial charge in [0.15, 0.2) is 17.1 Å². The zero-order chi connectivity index (χ0) is 19.1. The smallest absolute Gasteiger partial charge is 0.273 e. The molecule has 7 heteroatoms. The fourth-order valence-corrected chi connectivity index (χ4v) is 3.31. The number of methoxy groups -OCH3 is 1. The topological polar surface area (TPSA) is 77.9 Å². The maximum atomic E-state index is 12.6. The number of hydrogen-bond donors (Lipinski definition) is 1. The third-order valence-corrected chi connectivity index (χ3v) is 4.74. The summed E-state index contributed by atoms with van der Waals surface area (Å²) in [5.41, 5.74) is 3.52. The van der Waals surface area contributed by atoms with Gasteiger partial charge in [-0.05, 0) is 35.9 Å². The molecule has 2 aromatic heterocycles. The van der Waals surface area contributed by atoms with Gasteiger partial charge >= 0.3 is 0 Å². The minimum atomic E-state index is -0.186. The van der Waals surface area contributed by atoms with E-state index >= 15 is 0 Å². The second-order valence-corrected chi connectivity index (χ2v) is 6.41. The molecule has 5 rings (SSSR count). The van der Waals surface area contributed by atoms with Gasteiger partial charge in [0, 0.05) is 23.4 Å². The number of hydrogen-bond acceptors (Lipinski definition) is 5. The van der Waals surface area contributed by atoms with Crippen molar-refractivity contribution < 1.29 is 14.2 Å². The first-order chi connectivity index (χ1) is 13.7. The molecule has 7 nitrogen and oxygen atoms in total. The van der Waals surface area contributed by atoms with Crippen LogP contribution in [0.25, 0.3) is 28.0 Å². The van der Waals surface area contributed by atoms with E-state index in [-0.39, 0.29) is 5.56 Å². The van der Waals surface area contributed by atoms with Crippen LogP contribution in [0.15, 0.2) is 59.5 Å². The Kier molecular flexibility index (Phi) is 3.79. The first kappa shape index (κ1) is 16.4. The standard InChI is InChI=1S/C21H17N3O4/c1-26-15-5-2-13(3-6-15)16-12-22-24-20(25)11-17(23-21(16)24)14-4-7-18-19(10-14)28-9-8-27-18/h2-7,10-12,22H,8-9H2,1H3. The van der Waals surface area contributed by atoms with E-state index in [0.717, 1.165) is 22.4 Å². The Morgan fingerprint density at radius 1 is 1.00 bits per heavy atom. The highest BCUT2D eigenvalue weighted by Crippen LogP contribution is 2.34. The molecule has 140 valence electrons. The van der Waals surface area contributed by atoms with Crippen LogP contribution in [-0.4, -0.2) is 34.9 Å². The van der Waals surface area contributed by atoms with Crippen LogP contribution < -0.4 is 19.8 Å². The van der Waals surface area contributed by atoms with Gasteiger partial charge in [-0.3, -0.25) is 9.89 Å². The van der Waals surface area contributed by atoms with Crippen molar-refractivity contribution in [2.24, 2.45) is 0 Å². The summed E-state index contributed by atoms with van der Waals surface area (Å²) in [6.45, 7) is 1.04. The highest BCUT2D eigenvalue weighted by molar-refractivity contribution is 5.79. The molecule has 0 amide bonds. The SMILES string of the molecule is COc1ccc(-c2c[nH]n3c(=O)cc(-c4ccc5c(c4)OCCO5)nc23)cc1. The number of rotatable bonds is 3. The van der Waals surface area contributed by atoms with Crippen LogP contribution in [0, 0.1) is 0 Å². The summed E-state index contributed by atoms with van der Waals surface area (Å²) in [7, 11) is 1.63. The van der Waals surface area contributed by atoms with Gasteiger partial charge in [-0.25, -0.2) is 9.50 Å². The lowest BCUT2D eigenvalue weighted by Crippen LogP contribution is -2.16. The predicted octanol–water partition coefficient (Wildman–Crippen LogP) is 3.14. The summed E-state index contributed by atoms with van der Waals surface area (Å²) in [6.07, 6.45) is 1.78. The Bertz CT molecular complexity index is 1220. The second kappa shape index (κ2) is 6.45. The molecule has 4 aromatic rings. The number of aromatic nitrogens is 3. The summed E-state index contributed by atoms with van der Waals surface area (Å²) in [4.78, 5) is 17.4. The number of benzene rings is 2. The van der Waals surface area contributed by atoms with Gasteiger partial charge in [-0.1, -0.05) is 12.1 Å². The van der Waals surface area contributed by atoms with Crippen LogP contribution in [-0.2, 0) is 0 Å². The first-order valence-electron chi connectivity index (χ1n) is 8.88. The number of aromatic amines is 1. The zero-order valence-electron chi connectivity index (χ0n) is 15.1. The Labute approximate surface area is 160 Å². The predicted molar refractivity (Wildman–Crippen MR) is 104 cm³/mol. The van der Waals surface area contributed by atoms with E-state index in [1.54, 1.807) is 13.3 Å². The fourth-order valence-electron chi connectivity index (χ4n) is 3.31. The molecular formula is C21H17N3O4. The Morgan fingerprint density at radius 2 is 1.75 bits per heavy atom. The van der Waals surface area contributed by atoms with E-state index in [4.69, 9.17) is 19.2 Å². The van der Waals surface area contributed by atoms with Gasteiger partial charge in [0.25, 0.3) is 5.56 Å². The van der Waals surface area contributed by atoms with E-state index in [0.29, 0.717) is 36.1 Å². The molecule has 0 unspecified atom stereocenters. The molecule has 0 saturated heterocycles. The molecule has 0 bridgehead atoms. The molecule has 0 fully saturated rings. The zero-order valence-corrected chi connectivity index (χ0v) is 15.1. The van der Waals surface area contributed by atoms with Crippen molar-refractivity contribution in [2.75, 3.05) is 20.3 Å². The average molecular weight is 375 g/mol. The number of ether oxygens (including phenoxy) is 3. The molecule has 0 radical (unpaired) electrons. The Balaban J connectivity index is 1.64. The van der Waals surface area contributed by atoms with Crippen molar-refractivity contribution in [3.8, 4) is 39.6 Å². The summed E-state index contributed by atoms with van der Waals surface area (Å²) < 4.78 is 17.9. The van der Waals surface area contributed by atoms with Crippen LogP contribution in [0.5, 0.6) is 17.2 Å². The highest BCUT2D eigenvalue weighted by atomic mass is 16.6. The van der Waals surface area contributed by atoms with Crippen LogP contribution in [0.2, 0.25) is 0 Å². The summed E-state index contributed by atoms with van der Waals surface area (Å²) in [5, 5.41) is 2.98. The Hall–Kier alpha value is -3.74. The molecule has 1 aliphatic rings. The van der Waals surface area contributed by atoms with Gasteiger partial charge in [0.2, 0.25) is 0 Å². The largest absolute Gasteiger partial charge is 0.497 e. The quantitative estimate of drug-likeness (QED) is 0.595. The van der Waals surface area contributed by atoms with Gasteiger partial charge in [0.1, 0.15) is 19.0 Å². The summed E-state index contributed by atoms with van der Waals surface area (Å²) in [6, 6.07) is 14.7. The number of nitrogens with zero attached hydrogens (tertiary/aromatic N) is 2. The van der Waals surface area contributed by atoms with Gasteiger partial charge in [-0.2, -0.15) is 0 Å². The average Bonchev–Trinajstić information content (AvgIpc) is 3.18. The van der Waals surface area contributed by atoms with E-state index in [9.17, 15) is 4.79 Å². The van der Waals surface area contributed by atoms with Gasteiger partial charge in [0.05, 0.1) is 12.8 Å². The monoisotopic (exact) mass is 375 g/mol. The molecule has 2 aromatic carbocycles. The summed E-state index contributed by atoms with van der Waals surface area (Å²) >= 11 is 0. The Morgan fingerprint density at radius 3 is 2.54 bits per heavy atom. The first-order valence-corrected chi connectivity index (χ1v) is 8.88. The summed E-state index contributed by atoms with van der Waals surface area (Å²) in [5.74, 6) is 2.13. The van der Waals surface area contributed by atoms with Crippen molar-refractivity contribution in [1.29, 1.82) is 0 Å².